The zero-order chi connectivity index (χ0) is 19.2. The predicted octanol–water partition coefficient (Wildman–Crippen LogP) is 4.52. The average Bonchev–Trinajstić information content (AvgIpc) is 3.43. The van der Waals surface area contributed by atoms with Gasteiger partial charge >= 0.3 is 6.03 Å². The molecule has 1 aromatic heterocycles. The second kappa shape index (κ2) is 8.61. The van der Waals surface area contributed by atoms with E-state index in [0.29, 0.717) is 12.6 Å². The highest BCUT2D eigenvalue weighted by atomic mass is 16.5. The summed E-state index contributed by atoms with van der Waals surface area (Å²) in [6.45, 7) is 0.452. The lowest BCUT2D eigenvalue weighted by Crippen LogP contribution is -2.28. The minimum atomic E-state index is -0.236. The molecule has 2 N–H and O–H groups in total. The minimum Gasteiger partial charge on any atom is -0.490 e. The third-order valence-electron chi connectivity index (χ3n) is 4.88. The van der Waals surface area contributed by atoms with Crippen LogP contribution in [0.4, 0.5) is 10.5 Å². The van der Waals surface area contributed by atoms with E-state index >= 15 is 0 Å². The van der Waals surface area contributed by atoms with Crippen molar-refractivity contribution >= 4 is 11.7 Å². The average molecular weight is 376 g/mol. The zero-order valence-corrected chi connectivity index (χ0v) is 15.7. The van der Waals surface area contributed by atoms with Gasteiger partial charge in [0, 0.05) is 24.6 Å². The molecule has 2 amide bonds. The van der Waals surface area contributed by atoms with Gasteiger partial charge in [-0.05, 0) is 73.7 Å². The van der Waals surface area contributed by atoms with Crippen LogP contribution in [0.3, 0.4) is 0 Å². The van der Waals surface area contributed by atoms with Gasteiger partial charge in [-0.15, -0.1) is 0 Å². The van der Waals surface area contributed by atoms with Crippen molar-refractivity contribution in [1.29, 1.82) is 0 Å². The maximum Gasteiger partial charge on any atom is 0.319 e. The molecule has 0 aliphatic heterocycles. The molecule has 4 rings (SSSR count). The van der Waals surface area contributed by atoms with Gasteiger partial charge in [-0.2, -0.15) is 5.10 Å². The van der Waals surface area contributed by atoms with Gasteiger partial charge in [0.05, 0.1) is 11.8 Å². The second-order valence-electron chi connectivity index (χ2n) is 6.97. The number of nitrogens with zero attached hydrogens (tertiary/aromatic N) is 2. The number of rotatable bonds is 6. The summed E-state index contributed by atoms with van der Waals surface area (Å²) in [7, 11) is 0. The smallest absolute Gasteiger partial charge is 0.319 e. The van der Waals surface area contributed by atoms with Gasteiger partial charge in [-0.1, -0.05) is 12.1 Å². The second-order valence-corrected chi connectivity index (χ2v) is 6.97. The summed E-state index contributed by atoms with van der Waals surface area (Å²) in [5.74, 6) is 0.857. The van der Waals surface area contributed by atoms with E-state index in [-0.39, 0.29) is 6.03 Å². The lowest BCUT2D eigenvalue weighted by molar-refractivity contribution is 0.210. The van der Waals surface area contributed by atoms with E-state index in [4.69, 9.17) is 4.74 Å². The van der Waals surface area contributed by atoms with Crippen molar-refractivity contribution in [1.82, 2.24) is 15.1 Å². The van der Waals surface area contributed by atoms with Crippen LogP contribution in [0.1, 0.15) is 31.2 Å². The van der Waals surface area contributed by atoms with E-state index in [9.17, 15) is 4.79 Å². The molecule has 0 atom stereocenters. The van der Waals surface area contributed by atoms with Crippen molar-refractivity contribution < 1.29 is 9.53 Å². The van der Waals surface area contributed by atoms with Crippen LogP contribution in [0, 0.1) is 0 Å². The fraction of sp³-hybridized carbons (Fsp3) is 0.273. The molecule has 0 bridgehead atoms. The van der Waals surface area contributed by atoms with Crippen LogP contribution in [0.15, 0.2) is 67.0 Å². The number of benzene rings is 2. The van der Waals surface area contributed by atoms with Crippen molar-refractivity contribution in [2.75, 3.05) is 5.32 Å². The molecule has 0 unspecified atom stereocenters. The Bertz CT molecular complexity index is 883. The first-order valence-electron chi connectivity index (χ1n) is 9.67. The predicted molar refractivity (Wildman–Crippen MR) is 109 cm³/mol. The molecule has 1 fully saturated rings. The number of amides is 2. The van der Waals surface area contributed by atoms with Crippen molar-refractivity contribution in [2.24, 2.45) is 0 Å². The summed E-state index contributed by atoms with van der Waals surface area (Å²) < 4.78 is 7.74. The van der Waals surface area contributed by atoms with Crippen LogP contribution in [0.5, 0.6) is 5.75 Å². The SMILES string of the molecule is O=C(NCc1ccc(-n2cccn2)cc1)Nc1ccc(OC2CCCC2)cc1. The van der Waals surface area contributed by atoms with Crippen LogP contribution in [-0.4, -0.2) is 21.9 Å². The highest BCUT2D eigenvalue weighted by Crippen LogP contribution is 2.25. The number of ether oxygens (including phenoxy) is 1. The first-order valence-corrected chi connectivity index (χ1v) is 9.67. The molecule has 28 heavy (non-hydrogen) atoms. The Balaban J connectivity index is 1.25. The van der Waals surface area contributed by atoms with E-state index in [1.807, 2.05) is 60.8 Å². The third-order valence-corrected chi connectivity index (χ3v) is 4.88. The van der Waals surface area contributed by atoms with Crippen molar-refractivity contribution in [3.63, 3.8) is 0 Å². The lowest BCUT2D eigenvalue weighted by atomic mass is 10.2. The van der Waals surface area contributed by atoms with Crippen LogP contribution in [0.2, 0.25) is 0 Å². The van der Waals surface area contributed by atoms with Crippen LogP contribution < -0.4 is 15.4 Å². The van der Waals surface area contributed by atoms with Gasteiger partial charge in [-0.25, -0.2) is 9.48 Å². The van der Waals surface area contributed by atoms with E-state index in [2.05, 4.69) is 15.7 Å². The molecule has 144 valence electrons. The number of nitrogens with one attached hydrogen (secondary N) is 2. The highest BCUT2D eigenvalue weighted by Gasteiger charge is 2.16. The molecule has 2 aromatic carbocycles. The summed E-state index contributed by atoms with van der Waals surface area (Å²) >= 11 is 0. The summed E-state index contributed by atoms with van der Waals surface area (Å²) in [4.78, 5) is 12.1. The molecular weight excluding hydrogens is 352 g/mol. The fourth-order valence-electron chi connectivity index (χ4n) is 3.36. The van der Waals surface area contributed by atoms with Crippen molar-refractivity contribution in [3.8, 4) is 11.4 Å². The highest BCUT2D eigenvalue weighted by molar-refractivity contribution is 5.89. The van der Waals surface area contributed by atoms with Crippen LogP contribution in [-0.2, 0) is 6.54 Å². The quantitative estimate of drug-likeness (QED) is 0.665. The van der Waals surface area contributed by atoms with Crippen molar-refractivity contribution in [2.45, 2.75) is 38.3 Å². The van der Waals surface area contributed by atoms with Gasteiger partial charge in [0.15, 0.2) is 0 Å². The fourth-order valence-corrected chi connectivity index (χ4v) is 3.36. The maximum absolute atomic E-state index is 12.1. The number of anilines is 1. The van der Waals surface area contributed by atoms with E-state index in [1.165, 1.54) is 12.8 Å². The van der Waals surface area contributed by atoms with E-state index < -0.39 is 0 Å². The topological polar surface area (TPSA) is 68.2 Å². The number of hydrogen-bond donors (Lipinski definition) is 2. The molecule has 0 saturated heterocycles. The molecule has 0 spiro atoms. The molecule has 1 heterocycles. The largest absolute Gasteiger partial charge is 0.490 e. The number of carbonyl (C=O) groups is 1. The number of carbonyl (C=O) groups excluding carboxylic acids is 1. The maximum atomic E-state index is 12.1. The van der Waals surface area contributed by atoms with Gasteiger partial charge < -0.3 is 15.4 Å². The number of aromatic nitrogens is 2. The Hall–Kier alpha value is -3.28. The Morgan fingerprint density at radius 2 is 1.82 bits per heavy atom. The number of hydrogen-bond acceptors (Lipinski definition) is 3. The van der Waals surface area contributed by atoms with Crippen LogP contribution >= 0.6 is 0 Å². The lowest BCUT2D eigenvalue weighted by Gasteiger charge is -2.13. The summed E-state index contributed by atoms with van der Waals surface area (Å²) in [5.41, 5.74) is 2.75. The van der Waals surface area contributed by atoms with Gasteiger partial charge in [0.1, 0.15) is 5.75 Å². The Labute approximate surface area is 164 Å². The Morgan fingerprint density at radius 1 is 1.07 bits per heavy atom. The monoisotopic (exact) mass is 376 g/mol. The molecule has 1 aliphatic carbocycles. The zero-order valence-electron chi connectivity index (χ0n) is 15.7. The van der Waals surface area contributed by atoms with Gasteiger partial charge in [0.25, 0.3) is 0 Å². The molecular formula is C22H24N4O2. The molecule has 3 aromatic rings. The Kier molecular flexibility index (Phi) is 5.56. The van der Waals surface area contributed by atoms with E-state index in [1.54, 1.807) is 10.9 Å². The standard InChI is InChI=1S/C22H24N4O2/c27-22(23-16-17-6-10-19(11-7-17)26-15-3-14-24-26)25-18-8-12-21(13-9-18)28-20-4-1-2-5-20/h3,6-15,20H,1-2,4-5,16H2,(H2,23,25,27). The van der Waals surface area contributed by atoms with Gasteiger partial charge in [0.2, 0.25) is 0 Å². The van der Waals surface area contributed by atoms with E-state index in [0.717, 1.165) is 35.5 Å². The number of urea groups is 1. The summed E-state index contributed by atoms with van der Waals surface area (Å²) in [5, 5.41) is 9.92. The first-order chi connectivity index (χ1) is 13.8. The third kappa shape index (κ3) is 4.71. The summed E-state index contributed by atoms with van der Waals surface area (Å²) in [6.07, 6.45) is 8.73. The normalized spacial score (nSPS) is 14.0. The van der Waals surface area contributed by atoms with Crippen LogP contribution in [0.25, 0.3) is 5.69 Å². The molecule has 6 nitrogen and oxygen atoms in total. The summed E-state index contributed by atoms with van der Waals surface area (Å²) in [6, 6.07) is 17.1. The Morgan fingerprint density at radius 3 is 2.50 bits per heavy atom. The first kappa shape index (κ1) is 18.1. The molecule has 0 radical (unpaired) electrons. The van der Waals surface area contributed by atoms with Gasteiger partial charge in [-0.3, -0.25) is 0 Å². The molecule has 1 aliphatic rings. The molecule has 1 saturated carbocycles. The minimum absolute atomic E-state index is 0.236. The van der Waals surface area contributed by atoms with Crippen molar-refractivity contribution in [3.05, 3.63) is 72.6 Å². The molecule has 6 heteroatoms.